The molecule has 0 unspecified atom stereocenters. The van der Waals surface area contributed by atoms with Gasteiger partial charge in [0, 0.05) is 17.5 Å². The zero-order chi connectivity index (χ0) is 18.8. The number of hydrogen-bond acceptors (Lipinski definition) is 4. The number of para-hydroxylation sites is 1. The van der Waals surface area contributed by atoms with Crippen LogP contribution in [-0.2, 0) is 22.6 Å². The van der Waals surface area contributed by atoms with Gasteiger partial charge in [-0.2, -0.15) is 0 Å². The zero-order valence-corrected chi connectivity index (χ0v) is 15.5. The van der Waals surface area contributed by atoms with E-state index >= 15 is 0 Å². The summed E-state index contributed by atoms with van der Waals surface area (Å²) in [4.78, 5) is 29.6. The highest BCUT2D eigenvalue weighted by Gasteiger charge is 2.28. The molecule has 4 rings (SSSR count). The molecule has 0 spiro atoms. The van der Waals surface area contributed by atoms with Gasteiger partial charge in [0.05, 0.1) is 17.3 Å². The molecule has 1 aromatic heterocycles. The third-order valence-electron chi connectivity index (χ3n) is 4.66. The highest BCUT2D eigenvalue weighted by Crippen LogP contribution is 2.34. The quantitative estimate of drug-likeness (QED) is 0.603. The summed E-state index contributed by atoms with van der Waals surface area (Å²) in [7, 11) is 0. The lowest BCUT2D eigenvalue weighted by molar-refractivity contribution is -0.144. The molecule has 1 fully saturated rings. The summed E-state index contributed by atoms with van der Waals surface area (Å²) < 4.78 is 7.08. The maximum Gasteiger partial charge on any atom is 0.306 e. The fourth-order valence-electron chi connectivity index (χ4n) is 3.11. The van der Waals surface area contributed by atoms with Gasteiger partial charge in [-0.05, 0) is 42.7 Å². The Bertz CT molecular complexity index is 1040. The van der Waals surface area contributed by atoms with Gasteiger partial charge in [0.1, 0.15) is 12.4 Å². The molecule has 3 aromatic rings. The Hall–Kier alpha value is -2.66. The summed E-state index contributed by atoms with van der Waals surface area (Å²) in [5.41, 5.74) is 1.53. The molecule has 0 saturated heterocycles. The van der Waals surface area contributed by atoms with E-state index < -0.39 is 0 Å². The van der Waals surface area contributed by atoms with Crippen LogP contribution in [0.4, 0.5) is 0 Å². The molecule has 0 radical (unpaired) electrons. The summed E-state index contributed by atoms with van der Waals surface area (Å²) in [5, 5.41) is 1.27. The van der Waals surface area contributed by atoms with Crippen molar-refractivity contribution in [2.24, 2.45) is 0 Å². The molecule has 0 aliphatic heterocycles. The predicted octanol–water partition coefficient (Wildman–Crippen LogP) is 4.06. The van der Waals surface area contributed by atoms with Gasteiger partial charge in [0.15, 0.2) is 0 Å². The lowest BCUT2D eigenvalue weighted by Crippen LogP contribution is -2.25. The second kappa shape index (κ2) is 7.53. The first-order valence-corrected chi connectivity index (χ1v) is 9.40. The van der Waals surface area contributed by atoms with Gasteiger partial charge in [-0.3, -0.25) is 14.2 Å². The molecule has 6 heteroatoms. The minimum absolute atomic E-state index is 0.0207. The second-order valence-electron chi connectivity index (χ2n) is 6.74. The van der Waals surface area contributed by atoms with Crippen LogP contribution in [0.2, 0.25) is 5.02 Å². The number of esters is 1. The van der Waals surface area contributed by atoms with Crippen molar-refractivity contribution in [1.29, 1.82) is 0 Å². The van der Waals surface area contributed by atoms with E-state index in [1.54, 1.807) is 22.8 Å². The molecule has 0 bridgehead atoms. The van der Waals surface area contributed by atoms with E-state index in [4.69, 9.17) is 16.3 Å². The first kappa shape index (κ1) is 17.7. The van der Waals surface area contributed by atoms with Crippen molar-refractivity contribution in [2.45, 2.75) is 38.3 Å². The topological polar surface area (TPSA) is 61.2 Å². The van der Waals surface area contributed by atoms with Gasteiger partial charge in [0.2, 0.25) is 0 Å². The van der Waals surface area contributed by atoms with Crippen LogP contribution in [0.15, 0.2) is 53.3 Å². The normalized spacial score (nSPS) is 13.7. The number of hydrogen-bond donors (Lipinski definition) is 0. The van der Waals surface area contributed by atoms with E-state index in [2.05, 4.69) is 4.98 Å². The van der Waals surface area contributed by atoms with Crippen molar-refractivity contribution >= 4 is 28.5 Å². The highest BCUT2D eigenvalue weighted by molar-refractivity contribution is 6.30. The van der Waals surface area contributed by atoms with Crippen LogP contribution >= 0.6 is 11.6 Å². The summed E-state index contributed by atoms with van der Waals surface area (Å²) in [6.45, 7) is 0.205. The summed E-state index contributed by atoms with van der Waals surface area (Å²) in [5.74, 6) is 0.347. The lowest BCUT2D eigenvalue weighted by atomic mass is 10.2. The number of ether oxygens (including phenoxy) is 1. The molecule has 0 atom stereocenters. The molecular formula is C21H19ClN2O3. The molecule has 27 heavy (non-hydrogen) atoms. The minimum Gasteiger partial charge on any atom is -0.461 e. The van der Waals surface area contributed by atoms with Crippen molar-refractivity contribution in [3.05, 3.63) is 75.3 Å². The minimum atomic E-state index is -0.310. The van der Waals surface area contributed by atoms with Crippen LogP contribution in [0.5, 0.6) is 0 Å². The van der Waals surface area contributed by atoms with Gasteiger partial charge < -0.3 is 4.74 Å². The molecular weight excluding hydrogens is 364 g/mol. The summed E-state index contributed by atoms with van der Waals surface area (Å²) >= 11 is 5.85. The Morgan fingerprint density at radius 2 is 1.89 bits per heavy atom. The maximum atomic E-state index is 12.8. The average molecular weight is 383 g/mol. The van der Waals surface area contributed by atoms with Gasteiger partial charge in [0.25, 0.3) is 5.56 Å². The SMILES string of the molecule is O=C(CCc1nc2ccccc2c(=O)n1C1CC1)OCc1ccc(Cl)cc1. The van der Waals surface area contributed by atoms with E-state index in [9.17, 15) is 9.59 Å². The number of carbonyl (C=O) groups is 1. The van der Waals surface area contributed by atoms with E-state index in [0.29, 0.717) is 28.2 Å². The van der Waals surface area contributed by atoms with Crippen molar-refractivity contribution in [2.75, 3.05) is 0 Å². The maximum absolute atomic E-state index is 12.8. The molecule has 1 saturated carbocycles. The number of fused-ring (bicyclic) bond motifs is 1. The van der Waals surface area contributed by atoms with Crippen molar-refractivity contribution < 1.29 is 9.53 Å². The Balaban J connectivity index is 1.46. The Kier molecular flexibility index (Phi) is 4.94. The monoisotopic (exact) mass is 382 g/mol. The standard InChI is InChI=1S/C21H19ClN2O3/c22-15-7-5-14(6-8-15)13-27-20(25)12-11-19-23-18-4-2-1-3-17(18)21(26)24(19)16-9-10-16/h1-8,16H,9-13H2. The number of rotatable bonds is 6. The molecule has 138 valence electrons. The van der Waals surface area contributed by atoms with E-state index in [-0.39, 0.29) is 30.6 Å². The van der Waals surface area contributed by atoms with Crippen LogP contribution in [0.3, 0.4) is 0 Å². The van der Waals surface area contributed by atoms with Crippen LogP contribution in [0.25, 0.3) is 10.9 Å². The molecule has 0 amide bonds. The third-order valence-corrected chi connectivity index (χ3v) is 4.91. The number of halogens is 1. The Morgan fingerprint density at radius 3 is 2.63 bits per heavy atom. The van der Waals surface area contributed by atoms with E-state index in [1.807, 2.05) is 30.3 Å². The highest BCUT2D eigenvalue weighted by atomic mass is 35.5. The molecule has 1 aliphatic rings. The predicted molar refractivity (Wildman–Crippen MR) is 104 cm³/mol. The van der Waals surface area contributed by atoms with Gasteiger partial charge in [-0.15, -0.1) is 0 Å². The fraction of sp³-hybridized carbons (Fsp3) is 0.286. The van der Waals surface area contributed by atoms with E-state index in [1.165, 1.54) is 0 Å². The Labute approximate surface area is 161 Å². The van der Waals surface area contributed by atoms with Gasteiger partial charge in [-0.1, -0.05) is 35.9 Å². The Morgan fingerprint density at radius 1 is 1.15 bits per heavy atom. The first-order valence-electron chi connectivity index (χ1n) is 9.02. The zero-order valence-electron chi connectivity index (χ0n) is 14.7. The van der Waals surface area contributed by atoms with E-state index in [0.717, 1.165) is 18.4 Å². The largest absolute Gasteiger partial charge is 0.461 e. The number of aromatic nitrogens is 2. The number of carbonyl (C=O) groups excluding carboxylic acids is 1. The fourth-order valence-corrected chi connectivity index (χ4v) is 3.23. The van der Waals surface area contributed by atoms with Crippen molar-refractivity contribution in [1.82, 2.24) is 9.55 Å². The average Bonchev–Trinajstić information content (AvgIpc) is 3.51. The molecule has 1 aliphatic carbocycles. The van der Waals surface area contributed by atoms with Crippen LogP contribution < -0.4 is 5.56 Å². The van der Waals surface area contributed by atoms with Gasteiger partial charge >= 0.3 is 5.97 Å². The first-order chi connectivity index (χ1) is 13.1. The molecule has 1 heterocycles. The van der Waals surface area contributed by atoms with Crippen molar-refractivity contribution in [3.63, 3.8) is 0 Å². The summed E-state index contributed by atoms with van der Waals surface area (Å²) in [6, 6.07) is 14.7. The summed E-state index contributed by atoms with van der Waals surface area (Å²) in [6.07, 6.45) is 2.53. The van der Waals surface area contributed by atoms with Gasteiger partial charge in [-0.25, -0.2) is 4.98 Å². The lowest BCUT2D eigenvalue weighted by Gasteiger charge is -2.12. The molecule has 0 N–H and O–H groups in total. The second-order valence-corrected chi connectivity index (χ2v) is 7.18. The van der Waals surface area contributed by atoms with Crippen LogP contribution in [-0.4, -0.2) is 15.5 Å². The van der Waals surface area contributed by atoms with Crippen molar-refractivity contribution in [3.8, 4) is 0 Å². The number of nitrogens with zero attached hydrogens (tertiary/aromatic N) is 2. The van der Waals surface area contributed by atoms with Crippen LogP contribution in [0.1, 0.15) is 36.7 Å². The molecule has 5 nitrogen and oxygen atoms in total. The third kappa shape index (κ3) is 4.03. The smallest absolute Gasteiger partial charge is 0.306 e. The van der Waals surface area contributed by atoms with Crippen LogP contribution in [0, 0.1) is 0 Å². The molecule has 2 aromatic carbocycles. The number of aryl methyl sites for hydroxylation is 1. The number of benzene rings is 2.